The quantitative estimate of drug-likeness (QED) is 0.739. The fraction of sp³-hybridized carbons (Fsp3) is 0.455. The molecule has 0 aliphatic carbocycles. The molecule has 0 saturated carbocycles. The maximum atomic E-state index is 12.7. The summed E-state index contributed by atoms with van der Waals surface area (Å²) in [6, 6.07) is 15.3. The first-order valence-electron chi connectivity index (χ1n) is 10.0. The highest BCUT2D eigenvalue weighted by Crippen LogP contribution is 2.16. The lowest BCUT2D eigenvalue weighted by molar-refractivity contribution is 0.148. The lowest BCUT2D eigenvalue weighted by atomic mass is 10.1. The van der Waals surface area contributed by atoms with E-state index in [0.717, 1.165) is 51.1 Å². The first kappa shape index (κ1) is 21.0. The highest BCUT2D eigenvalue weighted by atomic mass is 32.2. The number of aryl methyl sites for hydroxylation is 1. The monoisotopic (exact) mass is 401 g/mol. The summed E-state index contributed by atoms with van der Waals surface area (Å²) >= 11 is 0. The number of hydrogen-bond donors (Lipinski definition) is 1. The number of nitrogens with one attached hydrogen (secondary N) is 1. The number of piperazine rings is 1. The van der Waals surface area contributed by atoms with Crippen LogP contribution in [0.25, 0.3) is 0 Å². The maximum Gasteiger partial charge on any atom is 0.240 e. The van der Waals surface area contributed by atoms with Crippen LogP contribution >= 0.6 is 0 Å². The van der Waals surface area contributed by atoms with Crippen LogP contribution in [0.1, 0.15) is 30.0 Å². The third-order valence-electron chi connectivity index (χ3n) is 5.33. The van der Waals surface area contributed by atoms with E-state index in [-0.39, 0.29) is 0 Å². The average Bonchev–Trinajstić information content (AvgIpc) is 2.70. The van der Waals surface area contributed by atoms with E-state index in [9.17, 15) is 8.42 Å². The summed E-state index contributed by atoms with van der Waals surface area (Å²) in [5.74, 6) is 0. The Kier molecular flexibility index (Phi) is 7.24. The Morgan fingerprint density at radius 2 is 1.57 bits per heavy atom. The van der Waals surface area contributed by atoms with Crippen molar-refractivity contribution in [1.82, 2.24) is 14.5 Å². The number of hydrogen-bond acceptors (Lipinski definition) is 4. The second kappa shape index (κ2) is 9.65. The first-order chi connectivity index (χ1) is 13.5. The van der Waals surface area contributed by atoms with Crippen LogP contribution in [-0.4, -0.2) is 51.4 Å². The molecule has 1 N–H and O–H groups in total. The summed E-state index contributed by atoms with van der Waals surface area (Å²) in [4.78, 5) is 5.09. The lowest BCUT2D eigenvalue weighted by Crippen LogP contribution is -2.44. The Bertz CT molecular complexity index is 858. The zero-order valence-electron chi connectivity index (χ0n) is 16.9. The van der Waals surface area contributed by atoms with Gasteiger partial charge in [-0.3, -0.25) is 4.90 Å². The predicted molar refractivity (Wildman–Crippen MR) is 114 cm³/mol. The maximum absolute atomic E-state index is 12.7. The van der Waals surface area contributed by atoms with Gasteiger partial charge in [0.15, 0.2) is 0 Å². The van der Waals surface area contributed by atoms with Crippen LogP contribution < -0.4 is 4.72 Å². The summed E-state index contributed by atoms with van der Waals surface area (Å²) in [6.45, 7) is 7.51. The van der Waals surface area contributed by atoms with Crippen molar-refractivity contribution >= 4 is 10.0 Å². The molecule has 3 rings (SSSR count). The summed E-state index contributed by atoms with van der Waals surface area (Å²) in [5, 5.41) is 0. The van der Waals surface area contributed by atoms with Crippen LogP contribution in [-0.2, 0) is 29.5 Å². The molecule has 2 aromatic carbocycles. The second-order valence-corrected chi connectivity index (χ2v) is 9.33. The molecule has 5 nitrogen and oxygen atoms in total. The van der Waals surface area contributed by atoms with Gasteiger partial charge in [0.2, 0.25) is 10.0 Å². The van der Waals surface area contributed by atoms with E-state index >= 15 is 0 Å². The molecule has 152 valence electrons. The van der Waals surface area contributed by atoms with Gasteiger partial charge in [-0.1, -0.05) is 49.7 Å². The molecule has 0 atom stereocenters. The topological polar surface area (TPSA) is 52.7 Å². The van der Waals surface area contributed by atoms with Gasteiger partial charge in [0.05, 0.1) is 4.90 Å². The molecule has 1 aliphatic rings. The minimum absolute atomic E-state index is 0.308. The predicted octanol–water partition coefficient (Wildman–Crippen LogP) is 2.87. The lowest BCUT2D eigenvalue weighted by Gasteiger charge is -2.32. The highest BCUT2D eigenvalue weighted by molar-refractivity contribution is 7.89. The molecule has 0 bridgehead atoms. The van der Waals surface area contributed by atoms with Gasteiger partial charge in [0.25, 0.3) is 0 Å². The van der Waals surface area contributed by atoms with Gasteiger partial charge in [-0.05, 0) is 42.3 Å². The Morgan fingerprint density at radius 1 is 0.929 bits per heavy atom. The Balaban J connectivity index is 1.65. The van der Waals surface area contributed by atoms with E-state index in [1.54, 1.807) is 12.1 Å². The fourth-order valence-corrected chi connectivity index (χ4v) is 4.52. The molecule has 1 fully saturated rings. The Hall–Kier alpha value is -1.73. The van der Waals surface area contributed by atoms with E-state index in [1.807, 2.05) is 30.3 Å². The summed E-state index contributed by atoms with van der Waals surface area (Å²) in [7, 11) is -1.37. The third-order valence-corrected chi connectivity index (χ3v) is 6.75. The number of likely N-dealkylation sites (N-methyl/N-ethyl adjacent to an activating group) is 1. The normalized spacial score (nSPS) is 16.4. The molecule has 1 saturated heterocycles. The molecule has 0 spiro atoms. The number of benzene rings is 2. The summed E-state index contributed by atoms with van der Waals surface area (Å²) < 4.78 is 28.1. The smallest absolute Gasteiger partial charge is 0.240 e. The van der Waals surface area contributed by atoms with Crippen molar-refractivity contribution in [3.05, 3.63) is 65.2 Å². The molecule has 0 unspecified atom stereocenters. The van der Waals surface area contributed by atoms with Crippen LogP contribution in [0, 0.1) is 0 Å². The highest BCUT2D eigenvalue weighted by Gasteiger charge is 2.17. The first-order valence-corrected chi connectivity index (χ1v) is 11.5. The van der Waals surface area contributed by atoms with Crippen molar-refractivity contribution in [2.75, 3.05) is 33.2 Å². The zero-order chi connectivity index (χ0) is 20.0. The van der Waals surface area contributed by atoms with Crippen molar-refractivity contribution in [3.8, 4) is 0 Å². The van der Waals surface area contributed by atoms with E-state index in [1.165, 1.54) is 11.1 Å². The van der Waals surface area contributed by atoms with Crippen molar-refractivity contribution in [1.29, 1.82) is 0 Å². The minimum atomic E-state index is -3.52. The Morgan fingerprint density at radius 3 is 2.21 bits per heavy atom. The third kappa shape index (κ3) is 5.64. The van der Waals surface area contributed by atoms with E-state index in [0.29, 0.717) is 11.4 Å². The molecular formula is C22H31N3O2S. The molecule has 1 heterocycles. The van der Waals surface area contributed by atoms with Gasteiger partial charge in [-0.2, -0.15) is 0 Å². The SMILES string of the molecule is CCCc1ccc(S(=O)(=O)NCc2ccccc2CN2CCN(C)CC2)cc1. The molecular weight excluding hydrogens is 370 g/mol. The van der Waals surface area contributed by atoms with Crippen molar-refractivity contribution in [2.24, 2.45) is 0 Å². The van der Waals surface area contributed by atoms with Gasteiger partial charge >= 0.3 is 0 Å². The molecule has 1 aliphatic heterocycles. The van der Waals surface area contributed by atoms with Gasteiger partial charge in [-0.15, -0.1) is 0 Å². The van der Waals surface area contributed by atoms with Gasteiger partial charge < -0.3 is 4.90 Å². The second-order valence-electron chi connectivity index (χ2n) is 7.57. The van der Waals surface area contributed by atoms with Gasteiger partial charge in [0.1, 0.15) is 0 Å². The molecule has 0 amide bonds. The summed E-state index contributed by atoms with van der Waals surface area (Å²) in [5.41, 5.74) is 3.39. The van der Waals surface area contributed by atoms with Gasteiger partial charge in [0, 0.05) is 39.3 Å². The molecule has 2 aromatic rings. The number of rotatable bonds is 8. The Labute approximate surface area is 169 Å². The number of sulfonamides is 1. The van der Waals surface area contributed by atoms with E-state index in [2.05, 4.69) is 34.6 Å². The fourth-order valence-electron chi connectivity index (χ4n) is 3.51. The molecule has 28 heavy (non-hydrogen) atoms. The average molecular weight is 402 g/mol. The zero-order valence-corrected chi connectivity index (χ0v) is 17.7. The van der Waals surface area contributed by atoms with Crippen LogP contribution in [0.4, 0.5) is 0 Å². The van der Waals surface area contributed by atoms with Crippen molar-refractivity contribution in [2.45, 2.75) is 37.8 Å². The largest absolute Gasteiger partial charge is 0.304 e. The molecule has 0 radical (unpaired) electrons. The van der Waals surface area contributed by atoms with Crippen LogP contribution in [0.15, 0.2) is 53.4 Å². The standard InChI is InChI=1S/C22H31N3O2S/c1-3-6-19-9-11-22(12-10-19)28(26,27)23-17-20-7-4-5-8-21(20)18-25-15-13-24(2)14-16-25/h4-5,7-12,23H,3,6,13-18H2,1-2H3. The van der Waals surface area contributed by atoms with Crippen LogP contribution in [0.5, 0.6) is 0 Å². The van der Waals surface area contributed by atoms with Crippen LogP contribution in [0.2, 0.25) is 0 Å². The van der Waals surface area contributed by atoms with E-state index < -0.39 is 10.0 Å². The molecule has 0 aromatic heterocycles. The number of nitrogens with zero attached hydrogens (tertiary/aromatic N) is 2. The van der Waals surface area contributed by atoms with E-state index in [4.69, 9.17) is 0 Å². The van der Waals surface area contributed by atoms with Crippen LogP contribution in [0.3, 0.4) is 0 Å². The van der Waals surface area contributed by atoms with Crippen molar-refractivity contribution < 1.29 is 8.42 Å². The van der Waals surface area contributed by atoms with Crippen molar-refractivity contribution in [3.63, 3.8) is 0 Å². The van der Waals surface area contributed by atoms with Gasteiger partial charge in [-0.25, -0.2) is 13.1 Å². The minimum Gasteiger partial charge on any atom is -0.304 e. The summed E-state index contributed by atoms with van der Waals surface area (Å²) in [6.07, 6.45) is 2.02. The molecule has 6 heteroatoms.